The zero-order valence-corrected chi connectivity index (χ0v) is 12.3. The Morgan fingerprint density at radius 1 is 1.10 bits per heavy atom. The first-order chi connectivity index (χ1) is 9.83. The van der Waals surface area contributed by atoms with Crippen molar-refractivity contribution in [3.8, 4) is 0 Å². The quantitative estimate of drug-likeness (QED) is 0.751. The average molecular weight is 300 g/mol. The minimum atomic E-state index is -1.10. The Hall–Kier alpha value is -1.59. The van der Waals surface area contributed by atoms with Crippen molar-refractivity contribution in [2.45, 2.75) is 19.6 Å². The molecule has 1 N–H and O–H groups in total. The fraction of sp³-hybridized carbons (Fsp3) is 0.133. The fourth-order valence-electron chi connectivity index (χ4n) is 2.40. The van der Waals surface area contributed by atoms with E-state index in [9.17, 15) is 4.21 Å². The van der Waals surface area contributed by atoms with E-state index in [1.807, 2.05) is 42.5 Å². The topological polar surface area (TPSA) is 41.5 Å². The van der Waals surface area contributed by atoms with Gasteiger partial charge in [-0.05, 0) is 24.3 Å². The van der Waals surface area contributed by atoms with Crippen molar-refractivity contribution in [3.05, 3.63) is 48.0 Å². The van der Waals surface area contributed by atoms with Gasteiger partial charge in [-0.2, -0.15) is 0 Å². The second-order valence-corrected chi connectivity index (χ2v) is 7.14. The van der Waals surface area contributed by atoms with Crippen LogP contribution in [-0.4, -0.2) is 23.1 Å². The van der Waals surface area contributed by atoms with Crippen molar-refractivity contribution in [3.63, 3.8) is 0 Å². The van der Waals surface area contributed by atoms with Crippen LogP contribution in [0.3, 0.4) is 0 Å². The molecule has 0 aliphatic carbocycles. The predicted octanol–water partition coefficient (Wildman–Crippen LogP) is 2.67. The van der Waals surface area contributed by atoms with Gasteiger partial charge in [-0.15, -0.1) is 0 Å². The summed E-state index contributed by atoms with van der Waals surface area (Å²) in [6, 6.07) is 14.0. The highest BCUT2D eigenvalue weighted by Gasteiger charge is 2.23. The van der Waals surface area contributed by atoms with Gasteiger partial charge in [-0.3, -0.25) is 4.99 Å². The molecule has 1 atom stereocenters. The lowest BCUT2D eigenvalue weighted by Gasteiger charge is -2.18. The second-order valence-electron chi connectivity index (χ2n) is 4.64. The van der Waals surface area contributed by atoms with E-state index in [1.54, 1.807) is 11.8 Å². The summed E-state index contributed by atoms with van der Waals surface area (Å²) in [4.78, 5) is 8.38. The first-order valence-corrected chi connectivity index (χ1v) is 8.41. The summed E-state index contributed by atoms with van der Waals surface area (Å²) in [6.07, 6.45) is 0. The summed E-state index contributed by atoms with van der Waals surface area (Å²) in [7, 11) is -1.10. The number of benzene rings is 2. The van der Waals surface area contributed by atoms with Gasteiger partial charge in [0.15, 0.2) is 0 Å². The second kappa shape index (κ2) is 4.75. The lowest BCUT2D eigenvalue weighted by Crippen LogP contribution is -2.19. The lowest BCUT2D eigenvalue weighted by atomic mass is 10.2. The number of aliphatic imine (C=N–C) groups is 1. The summed E-state index contributed by atoms with van der Waals surface area (Å²) in [5, 5.41) is 3.26. The van der Waals surface area contributed by atoms with Crippen molar-refractivity contribution >= 4 is 28.4 Å². The third-order valence-electron chi connectivity index (χ3n) is 3.36. The number of amidine groups is 1. The van der Waals surface area contributed by atoms with Crippen molar-refractivity contribution in [1.29, 1.82) is 0 Å². The molecule has 4 rings (SSSR count). The molecule has 0 radical (unpaired) electrons. The minimum absolute atomic E-state index is 0.813. The number of rotatable bonds is 1. The molecule has 0 fully saturated rings. The molecule has 0 saturated heterocycles. The maximum absolute atomic E-state index is 12.7. The largest absolute Gasteiger partial charge is 0.368 e. The van der Waals surface area contributed by atoms with Gasteiger partial charge < -0.3 is 5.32 Å². The van der Waals surface area contributed by atoms with Crippen LogP contribution >= 0.6 is 11.8 Å². The Kier molecular flexibility index (Phi) is 2.89. The third kappa shape index (κ3) is 1.89. The molecule has 2 aliphatic rings. The number of nitrogens with zero attached hydrogens (tertiary/aromatic N) is 1. The molecule has 2 heterocycles. The van der Waals surface area contributed by atoms with Gasteiger partial charge in [0.25, 0.3) is 0 Å². The van der Waals surface area contributed by atoms with Crippen LogP contribution in [0.2, 0.25) is 0 Å². The van der Waals surface area contributed by atoms with Crippen LogP contribution in [0, 0.1) is 0 Å². The van der Waals surface area contributed by atoms with Crippen molar-refractivity contribution in [2.75, 3.05) is 13.1 Å². The Bertz CT molecular complexity index is 755. The standard InChI is InChI=1S/C15H12N2OS2/c18-20-13-4-2-1-3-11(13)19-12-6-5-10(9-14(12)20)15-16-7-8-17-15/h1-6,9H,7-8H2,(H,16,17)/t20-/m0/s1. The number of fused-ring (bicyclic) bond motifs is 2. The van der Waals surface area contributed by atoms with E-state index in [1.165, 1.54) is 0 Å². The minimum Gasteiger partial charge on any atom is -0.368 e. The molecular weight excluding hydrogens is 288 g/mol. The smallest absolute Gasteiger partial charge is 0.128 e. The molecule has 20 heavy (non-hydrogen) atoms. The van der Waals surface area contributed by atoms with Gasteiger partial charge in [-0.1, -0.05) is 30.0 Å². The number of nitrogens with one attached hydrogen (secondary N) is 1. The van der Waals surface area contributed by atoms with Crippen LogP contribution in [0.25, 0.3) is 0 Å². The first-order valence-electron chi connectivity index (χ1n) is 6.44. The van der Waals surface area contributed by atoms with E-state index in [-0.39, 0.29) is 0 Å². The summed E-state index contributed by atoms with van der Waals surface area (Å²) in [6.45, 7) is 1.69. The van der Waals surface area contributed by atoms with E-state index in [0.717, 1.165) is 44.1 Å². The molecule has 100 valence electrons. The molecule has 0 bridgehead atoms. The Morgan fingerprint density at radius 2 is 1.95 bits per heavy atom. The Balaban J connectivity index is 1.82. The summed E-state index contributed by atoms with van der Waals surface area (Å²) >= 11 is 1.68. The first kappa shape index (κ1) is 12.2. The van der Waals surface area contributed by atoms with Crippen molar-refractivity contribution in [1.82, 2.24) is 5.32 Å². The molecule has 2 aromatic rings. The normalized spacial score (nSPS) is 19.8. The molecule has 0 spiro atoms. The van der Waals surface area contributed by atoms with Crippen molar-refractivity contribution in [2.24, 2.45) is 4.99 Å². The van der Waals surface area contributed by atoms with Crippen LogP contribution in [0.15, 0.2) is 67.0 Å². The molecule has 3 nitrogen and oxygen atoms in total. The third-order valence-corrected chi connectivity index (χ3v) is 6.26. The van der Waals surface area contributed by atoms with Crippen LogP contribution in [0.1, 0.15) is 5.56 Å². The van der Waals surface area contributed by atoms with Crippen molar-refractivity contribution < 1.29 is 4.21 Å². The molecule has 2 aromatic carbocycles. The van der Waals surface area contributed by atoms with E-state index >= 15 is 0 Å². The van der Waals surface area contributed by atoms with Gasteiger partial charge in [0.2, 0.25) is 0 Å². The average Bonchev–Trinajstić information content (AvgIpc) is 3.02. The van der Waals surface area contributed by atoms with E-state index in [4.69, 9.17) is 0 Å². The molecule has 0 aromatic heterocycles. The van der Waals surface area contributed by atoms with Crippen LogP contribution in [0.5, 0.6) is 0 Å². The Labute approximate surface area is 124 Å². The highest BCUT2D eigenvalue weighted by atomic mass is 32.2. The number of hydrogen-bond acceptors (Lipinski definition) is 4. The molecule has 0 saturated carbocycles. The van der Waals surface area contributed by atoms with Gasteiger partial charge in [0.05, 0.1) is 27.1 Å². The summed E-state index contributed by atoms with van der Waals surface area (Å²) < 4.78 is 12.7. The van der Waals surface area contributed by atoms with E-state index in [0.29, 0.717) is 0 Å². The highest BCUT2D eigenvalue weighted by molar-refractivity contribution is 8.01. The van der Waals surface area contributed by atoms with Crippen LogP contribution in [-0.2, 0) is 10.8 Å². The monoisotopic (exact) mass is 300 g/mol. The molecule has 0 amide bonds. The molecule has 0 unspecified atom stereocenters. The lowest BCUT2D eigenvalue weighted by molar-refractivity contribution is 0.679. The summed E-state index contributed by atoms with van der Waals surface area (Å²) in [5.74, 6) is 0.911. The highest BCUT2D eigenvalue weighted by Crippen LogP contribution is 2.42. The maximum atomic E-state index is 12.7. The van der Waals surface area contributed by atoms with Gasteiger partial charge >= 0.3 is 0 Å². The molecule has 5 heteroatoms. The zero-order valence-electron chi connectivity index (χ0n) is 10.6. The van der Waals surface area contributed by atoms with Gasteiger partial charge in [0.1, 0.15) is 5.84 Å². The number of hydrogen-bond donors (Lipinski definition) is 1. The predicted molar refractivity (Wildman–Crippen MR) is 81.1 cm³/mol. The molecular formula is C15H12N2OS2. The van der Waals surface area contributed by atoms with E-state index < -0.39 is 10.8 Å². The Morgan fingerprint density at radius 3 is 2.80 bits per heavy atom. The van der Waals surface area contributed by atoms with E-state index in [2.05, 4.69) is 10.3 Å². The molecule has 2 aliphatic heterocycles. The van der Waals surface area contributed by atoms with Gasteiger partial charge in [0, 0.05) is 21.9 Å². The fourth-order valence-corrected chi connectivity index (χ4v) is 5.13. The maximum Gasteiger partial charge on any atom is 0.128 e. The SMILES string of the molecule is O=[S@]1c2ccccc2Sc2ccc(C3=NCCN3)cc21. The van der Waals surface area contributed by atoms with Crippen LogP contribution in [0.4, 0.5) is 0 Å². The summed E-state index contributed by atoms with van der Waals surface area (Å²) in [5.41, 5.74) is 1.02. The van der Waals surface area contributed by atoms with Gasteiger partial charge in [-0.25, -0.2) is 4.21 Å². The van der Waals surface area contributed by atoms with Crippen LogP contribution < -0.4 is 5.32 Å². The zero-order chi connectivity index (χ0) is 13.5.